The molecule has 3 aliphatic heterocycles. The Morgan fingerprint density at radius 1 is 1.02 bits per heavy atom. The lowest BCUT2D eigenvalue weighted by molar-refractivity contribution is -0.136. The van der Waals surface area contributed by atoms with Crippen molar-refractivity contribution in [1.29, 1.82) is 5.41 Å². The van der Waals surface area contributed by atoms with Gasteiger partial charge in [-0.1, -0.05) is 6.07 Å². The van der Waals surface area contributed by atoms with Crippen LogP contribution in [0, 0.1) is 11.3 Å². The zero-order valence-corrected chi connectivity index (χ0v) is 25.3. The fourth-order valence-electron chi connectivity index (χ4n) is 6.65. The quantitative estimate of drug-likeness (QED) is 0.123. The molecule has 4 heterocycles. The average molecular weight is 621 g/mol. The van der Waals surface area contributed by atoms with Crippen LogP contribution in [0.15, 0.2) is 48.8 Å². The highest BCUT2D eigenvalue weighted by atomic mass is 16.2. The largest absolute Gasteiger partial charge is 0.388 e. The van der Waals surface area contributed by atoms with Gasteiger partial charge in [0.25, 0.3) is 11.8 Å². The summed E-state index contributed by atoms with van der Waals surface area (Å²) in [5.41, 5.74) is 5.65. The van der Waals surface area contributed by atoms with E-state index in [0.29, 0.717) is 29.1 Å². The molecule has 0 radical (unpaired) electrons. The number of benzene rings is 2. The van der Waals surface area contributed by atoms with Crippen LogP contribution < -0.4 is 21.3 Å². The van der Waals surface area contributed by atoms with Crippen LogP contribution in [0.3, 0.4) is 0 Å². The third-order valence-corrected chi connectivity index (χ3v) is 9.54. The van der Waals surface area contributed by atoms with E-state index in [2.05, 4.69) is 38.4 Å². The molecule has 2 aromatic carbocycles. The van der Waals surface area contributed by atoms with Gasteiger partial charge in [-0.2, -0.15) is 0 Å². The van der Waals surface area contributed by atoms with Crippen LogP contribution in [0.4, 0.5) is 5.69 Å². The minimum atomic E-state index is -0.968. The standard InChI is InChI=1S/C34H36N8O4/c35-14-21(29-18-39-27-6-3-20(12-28(27)40-29)22-15-36-16-22)17-38-24-10-19(11-24)2-1-9-37-23-4-5-25-26(13-23)34(46)42(33(25)45)30-7-8-31(43)41-32(30)44/h3-6,12-14,17-19,22,24,30,35-38H,1-2,7-11,15-16H2,(H,41,43,44)/b21-17+,35-14?. The highest BCUT2D eigenvalue weighted by molar-refractivity contribution is 6.23. The van der Waals surface area contributed by atoms with E-state index in [-0.39, 0.29) is 24.0 Å². The summed E-state index contributed by atoms with van der Waals surface area (Å²) in [4.78, 5) is 60.1. The van der Waals surface area contributed by atoms with E-state index in [4.69, 9.17) is 10.4 Å². The molecule has 1 aromatic heterocycles. The van der Waals surface area contributed by atoms with Crippen molar-refractivity contribution in [2.24, 2.45) is 5.92 Å². The molecule has 0 spiro atoms. The lowest BCUT2D eigenvalue weighted by Gasteiger charge is -2.36. The van der Waals surface area contributed by atoms with Gasteiger partial charge in [0.1, 0.15) is 6.04 Å². The smallest absolute Gasteiger partial charge is 0.262 e. The first-order valence-corrected chi connectivity index (χ1v) is 15.9. The van der Waals surface area contributed by atoms with Crippen molar-refractivity contribution in [2.45, 2.75) is 56.5 Å². The Hall–Kier alpha value is -4.97. The van der Waals surface area contributed by atoms with Gasteiger partial charge in [0.2, 0.25) is 11.8 Å². The fourth-order valence-corrected chi connectivity index (χ4v) is 6.65. The topological polar surface area (TPSA) is 169 Å². The van der Waals surface area contributed by atoms with Gasteiger partial charge >= 0.3 is 0 Å². The lowest BCUT2D eigenvalue weighted by Crippen LogP contribution is -2.54. The number of anilines is 1. The third kappa shape index (κ3) is 5.76. The van der Waals surface area contributed by atoms with Gasteiger partial charge in [-0.25, -0.2) is 4.98 Å². The first-order valence-electron chi connectivity index (χ1n) is 15.9. The third-order valence-electron chi connectivity index (χ3n) is 9.54. The molecule has 1 atom stereocenters. The Labute approximate surface area is 265 Å². The van der Waals surface area contributed by atoms with Gasteiger partial charge in [0, 0.05) is 61.7 Å². The van der Waals surface area contributed by atoms with E-state index in [1.54, 1.807) is 24.4 Å². The van der Waals surface area contributed by atoms with Crippen LogP contribution >= 0.6 is 0 Å². The predicted octanol–water partition coefficient (Wildman–Crippen LogP) is 2.97. The summed E-state index contributed by atoms with van der Waals surface area (Å²) >= 11 is 0. The van der Waals surface area contributed by atoms with E-state index in [1.807, 2.05) is 12.3 Å². The summed E-state index contributed by atoms with van der Waals surface area (Å²) in [6.45, 7) is 2.70. The molecular formula is C34H36N8O4. The van der Waals surface area contributed by atoms with Crippen molar-refractivity contribution in [3.63, 3.8) is 0 Å². The number of carbonyl (C=O) groups excluding carboxylic acids is 4. The molecule has 46 heavy (non-hydrogen) atoms. The number of amides is 4. The zero-order chi connectivity index (χ0) is 31.8. The van der Waals surface area contributed by atoms with Crippen LogP contribution in [-0.4, -0.2) is 76.4 Å². The molecule has 12 heteroatoms. The minimum absolute atomic E-state index is 0.0931. The van der Waals surface area contributed by atoms with Crippen LogP contribution in [0.2, 0.25) is 0 Å². The van der Waals surface area contributed by atoms with Gasteiger partial charge in [0.15, 0.2) is 0 Å². The number of hydrogen-bond donors (Lipinski definition) is 5. The number of allylic oxidation sites excluding steroid dienone is 1. The summed E-state index contributed by atoms with van der Waals surface area (Å²) < 4.78 is 0. The number of imide groups is 2. The second-order valence-electron chi connectivity index (χ2n) is 12.6. The van der Waals surface area contributed by atoms with Gasteiger partial charge in [0.05, 0.1) is 34.1 Å². The highest BCUT2D eigenvalue weighted by Crippen LogP contribution is 2.33. The lowest BCUT2D eigenvalue weighted by atomic mass is 9.77. The molecule has 1 aliphatic carbocycles. The second kappa shape index (κ2) is 12.4. The Morgan fingerprint density at radius 3 is 2.61 bits per heavy atom. The fraction of sp³-hybridized carbons (Fsp3) is 0.382. The maximum atomic E-state index is 13.1. The number of piperidine rings is 1. The minimum Gasteiger partial charge on any atom is -0.388 e. The normalized spacial score (nSPS) is 23.1. The molecule has 12 nitrogen and oxygen atoms in total. The Morgan fingerprint density at radius 2 is 1.85 bits per heavy atom. The predicted molar refractivity (Wildman–Crippen MR) is 172 cm³/mol. The summed E-state index contributed by atoms with van der Waals surface area (Å²) in [6, 6.07) is 10.7. The number of hydrogen-bond acceptors (Lipinski definition) is 10. The van der Waals surface area contributed by atoms with Crippen LogP contribution in [0.5, 0.6) is 0 Å². The molecule has 5 N–H and O–H groups in total. The van der Waals surface area contributed by atoms with Crippen LogP contribution in [0.25, 0.3) is 16.6 Å². The van der Waals surface area contributed by atoms with Gasteiger partial charge in [-0.05, 0) is 73.9 Å². The molecule has 2 saturated heterocycles. The van der Waals surface area contributed by atoms with E-state index >= 15 is 0 Å². The first-order chi connectivity index (χ1) is 22.4. The van der Waals surface area contributed by atoms with Crippen molar-refractivity contribution in [1.82, 2.24) is 30.8 Å². The maximum absolute atomic E-state index is 13.1. The summed E-state index contributed by atoms with van der Waals surface area (Å²) in [5, 5.41) is 20.3. The number of nitrogens with zero attached hydrogens (tertiary/aromatic N) is 3. The van der Waals surface area contributed by atoms with Gasteiger partial charge in [-0.3, -0.25) is 34.4 Å². The number of nitrogens with one attached hydrogen (secondary N) is 5. The van der Waals surface area contributed by atoms with Gasteiger partial charge < -0.3 is 21.4 Å². The molecule has 1 saturated carbocycles. The van der Waals surface area contributed by atoms with E-state index in [1.165, 1.54) is 11.8 Å². The summed E-state index contributed by atoms with van der Waals surface area (Å²) in [5.74, 6) is -0.883. The van der Waals surface area contributed by atoms with Crippen molar-refractivity contribution in [3.05, 3.63) is 71.2 Å². The number of fused-ring (bicyclic) bond motifs is 2. The van der Waals surface area contributed by atoms with E-state index < -0.39 is 29.7 Å². The Kier molecular flexibility index (Phi) is 8.03. The molecule has 1 unspecified atom stereocenters. The molecule has 0 bridgehead atoms. The molecule has 3 aromatic rings. The van der Waals surface area contributed by atoms with Crippen molar-refractivity contribution >= 4 is 52.1 Å². The molecule has 7 rings (SSSR count). The number of rotatable bonds is 11. The monoisotopic (exact) mass is 620 g/mol. The molecule has 236 valence electrons. The number of carbonyl (C=O) groups is 4. The summed E-state index contributed by atoms with van der Waals surface area (Å²) in [6.07, 6.45) is 9.28. The van der Waals surface area contributed by atoms with Crippen LogP contribution in [-0.2, 0) is 9.59 Å². The van der Waals surface area contributed by atoms with Crippen molar-refractivity contribution < 1.29 is 19.2 Å². The van der Waals surface area contributed by atoms with Crippen molar-refractivity contribution in [3.8, 4) is 0 Å². The second-order valence-corrected chi connectivity index (χ2v) is 12.6. The molecule has 4 aliphatic rings. The van der Waals surface area contributed by atoms with E-state index in [0.717, 1.165) is 66.9 Å². The molecule has 4 amide bonds. The number of aromatic nitrogens is 2. The SMILES string of the molecule is N=C/C(=C\NC1CC(CCCNc2ccc3c(c2)C(=O)N(C2CCC(=O)NC2=O)C3=O)C1)c1cnc2ccc(C3CNC3)cc2n1. The van der Waals surface area contributed by atoms with E-state index in [9.17, 15) is 19.2 Å². The Bertz CT molecular complexity index is 1780. The highest BCUT2D eigenvalue weighted by Gasteiger charge is 2.44. The molecular weight excluding hydrogens is 584 g/mol. The van der Waals surface area contributed by atoms with Crippen molar-refractivity contribution in [2.75, 3.05) is 25.0 Å². The summed E-state index contributed by atoms with van der Waals surface area (Å²) in [7, 11) is 0. The average Bonchev–Trinajstić information content (AvgIpc) is 3.25. The zero-order valence-electron chi connectivity index (χ0n) is 25.3. The Balaban J connectivity index is 0.867. The maximum Gasteiger partial charge on any atom is 0.262 e. The first kappa shape index (κ1) is 29.7. The van der Waals surface area contributed by atoms with Crippen LogP contribution in [0.1, 0.15) is 76.4 Å². The van der Waals surface area contributed by atoms with Gasteiger partial charge in [-0.15, -0.1) is 0 Å². The molecule has 3 fully saturated rings.